The third kappa shape index (κ3) is 3.15. The molecule has 134 valence electrons. The number of pyridine rings is 1. The molecule has 4 heterocycles. The second-order valence-electron chi connectivity index (χ2n) is 7.48. The summed E-state index contributed by atoms with van der Waals surface area (Å²) in [6.07, 6.45) is 7.61. The average Bonchev–Trinajstić information content (AvgIpc) is 3.28. The predicted molar refractivity (Wildman–Crippen MR) is 91.5 cm³/mol. The van der Waals surface area contributed by atoms with Crippen LogP contribution in [0, 0.1) is 5.41 Å². The van der Waals surface area contributed by atoms with Gasteiger partial charge in [0.25, 0.3) is 5.91 Å². The van der Waals surface area contributed by atoms with E-state index in [1.807, 2.05) is 21.9 Å². The van der Waals surface area contributed by atoms with Gasteiger partial charge in [-0.2, -0.15) is 0 Å². The van der Waals surface area contributed by atoms with Crippen LogP contribution in [-0.4, -0.2) is 58.9 Å². The first-order valence-corrected chi connectivity index (χ1v) is 9.27. The molecule has 1 aromatic heterocycles. The van der Waals surface area contributed by atoms with Crippen molar-refractivity contribution in [1.82, 2.24) is 14.8 Å². The number of carbonyl (C=O) groups excluding carboxylic acids is 2. The number of likely N-dealkylation sites (tertiary alicyclic amines) is 2. The first-order valence-electron chi connectivity index (χ1n) is 9.27. The van der Waals surface area contributed by atoms with E-state index in [9.17, 15) is 9.59 Å². The molecule has 3 saturated heterocycles. The van der Waals surface area contributed by atoms with Gasteiger partial charge in [-0.15, -0.1) is 0 Å². The van der Waals surface area contributed by atoms with Crippen molar-refractivity contribution in [3.8, 4) is 0 Å². The van der Waals surface area contributed by atoms with Crippen LogP contribution in [0.2, 0.25) is 0 Å². The van der Waals surface area contributed by atoms with Gasteiger partial charge in [0.1, 0.15) is 6.10 Å². The summed E-state index contributed by atoms with van der Waals surface area (Å²) in [6.45, 7) is 3.37. The number of hydrogen-bond acceptors (Lipinski definition) is 4. The van der Waals surface area contributed by atoms with Gasteiger partial charge in [0.2, 0.25) is 5.91 Å². The zero-order valence-electron chi connectivity index (χ0n) is 14.5. The molecule has 1 spiro atoms. The molecule has 0 aliphatic carbocycles. The topological polar surface area (TPSA) is 62.7 Å². The van der Waals surface area contributed by atoms with E-state index in [1.54, 1.807) is 12.4 Å². The first kappa shape index (κ1) is 16.5. The zero-order chi connectivity index (χ0) is 17.3. The summed E-state index contributed by atoms with van der Waals surface area (Å²) in [6, 6.07) is 3.90. The Morgan fingerprint density at radius 1 is 1.24 bits per heavy atom. The monoisotopic (exact) mass is 343 g/mol. The van der Waals surface area contributed by atoms with Crippen molar-refractivity contribution < 1.29 is 14.3 Å². The molecule has 1 unspecified atom stereocenters. The van der Waals surface area contributed by atoms with Crippen LogP contribution in [0.1, 0.15) is 37.7 Å². The molecule has 25 heavy (non-hydrogen) atoms. The van der Waals surface area contributed by atoms with Crippen molar-refractivity contribution in [3.05, 3.63) is 30.1 Å². The summed E-state index contributed by atoms with van der Waals surface area (Å²) in [5, 5.41) is 0. The smallest absolute Gasteiger partial charge is 0.251 e. The van der Waals surface area contributed by atoms with Crippen molar-refractivity contribution in [2.24, 2.45) is 5.41 Å². The molecule has 6 nitrogen and oxygen atoms in total. The van der Waals surface area contributed by atoms with E-state index in [2.05, 4.69) is 4.98 Å². The zero-order valence-corrected chi connectivity index (χ0v) is 14.5. The molecule has 2 atom stereocenters. The molecule has 0 radical (unpaired) electrons. The normalized spacial score (nSPS) is 29.6. The van der Waals surface area contributed by atoms with Gasteiger partial charge < -0.3 is 14.5 Å². The first-order chi connectivity index (χ1) is 12.2. The number of nitrogens with zero attached hydrogens (tertiary/aromatic N) is 3. The highest BCUT2D eigenvalue weighted by molar-refractivity contribution is 5.87. The second kappa shape index (κ2) is 6.75. The van der Waals surface area contributed by atoms with Gasteiger partial charge in [-0.1, -0.05) is 0 Å². The molecule has 3 aliphatic rings. The third-order valence-corrected chi connectivity index (χ3v) is 5.82. The van der Waals surface area contributed by atoms with Gasteiger partial charge in [-0.3, -0.25) is 14.6 Å². The molecular formula is C19H25N3O3. The number of ether oxygens (including phenoxy) is 1. The minimum Gasteiger partial charge on any atom is -0.368 e. The lowest BCUT2D eigenvalue weighted by Crippen LogP contribution is -2.52. The number of aromatic nitrogens is 1. The van der Waals surface area contributed by atoms with Crippen LogP contribution >= 0.6 is 0 Å². The van der Waals surface area contributed by atoms with Gasteiger partial charge in [-0.05, 0) is 49.8 Å². The Balaban J connectivity index is 1.44. The third-order valence-electron chi connectivity index (χ3n) is 5.82. The molecule has 4 rings (SSSR count). The Morgan fingerprint density at radius 2 is 2.08 bits per heavy atom. The number of carbonyl (C=O) groups is 2. The van der Waals surface area contributed by atoms with Crippen LogP contribution in [0.3, 0.4) is 0 Å². The van der Waals surface area contributed by atoms with Crippen molar-refractivity contribution in [1.29, 1.82) is 0 Å². The van der Waals surface area contributed by atoms with Gasteiger partial charge in [0.15, 0.2) is 0 Å². The number of amides is 2. The molecule has 3 fully saturated rings. The quantitative estimate of drug-likeness (QED) is 0.836. The Kier molecular flexibility index (Phi) is 4.46. The van der Waals surface area contributed by atoms with Crippen LogP contribution in [0.25, 0.3) is 0 Å². The predicted octanol–water partition coefficient (Wildman–Crippen LogP) is 1.60. The number of hydrogen-bond donors (Lipinski definition) is 0. The Morgan fingerprint density at radius 3 is 2.84 bits per heavy atom. The van der Waals surface area contributed by atoms with E-state index < -0.39 is 0 Å². The molecule has 3 aliphatic heterocycles. The van der Waals surface area contributed by atoms with Crippen LogP contribution in [0.5, 0.6) is 0 Å². The lowest BCUT2D eigenvalue weighted by Gasteiger charge is -2.39. The second-order valence-corrected chi connectivity index (χ2v) is 7.48. The fourth-order valence-corrected chi connectivity index (χ4v) is 4.43. The SMILES string of the molecule is O=C([C@@H]1CCCO1)N1CCCC2(CCN(Cc3ccncc3)C2=O)C1. The fraction of sp³-hybridized carbons (Fsp3) is 0.632. The maximum atomic E-state index is 13.1. The van der Waals surface area contributed by atoms with E-state index in [0.29, 0.717) is 19.7 Å². The molecule has 0 saturated carbocycles. The summed E-state index contributed by atoms with van der Waals surface area (Å²) < 4.78 is 5.55. The molecule has 0 N–H and O–H groups in total. The maximum absolute atomic E-state index is 13.1. The number of rotatable bonds is 3. The molecule has 1 aromatic rings. The van der Waals surface area contributed by atoms with Gasteiger partial charge in [0, 0.05) is 45.2 Å². The van der Waals surface area contributed by atoms with Gasteiger partial charge >= 0.3 is 0 Å². The van der Waals surface area contributed by atoms with E-state index in [0.717, 1.165) is 50.8 Å². The minimum atomic E-state index is -0.389. The van der Waals surface area contributed by atoms with Crippen LogP contribution in [0.15, 0.2) is 24.5 Å². The fourth-order valence-electron chi connectivity index (χ4n) is 4.43. The average molecular weight is 343 g/mol. The van der Waals surface area contributed by atoms with Crippen molar-refractivity contribution >= 4 is 11.8 Å². The Bertz CT molecular complexity index is 645. The van der Waals surface area contributed by atoms with Gasteiger partial charge in [0.05, 0.1) is 5.41 Å². The molecule has 0 bridgehead atoms. The largest absolute Gasteiger partial charge is 0.368 e. The Labute approximate surface area is 148 Å². The number of piperidine rings is 1. The summed E-state index contributed by atoms with van der Waals surface area (Å²) in [4.78, 5) is 33.7. The Hall–Kier alpha value is -1.95. The molecule has 2 amide bonds. The van der Waals surface area contributed by atoms with Crippen LogP contribution < -0.4 is 0 Å². The van der Waals surface area contributed by atoms with Crippen LogP contribution in [0.4, 0.5) is 0 Å². The molecule has 0 aromatic carbocycles. The van der Waals surface area contributed by atoms with Crippen LogP contribution in [-0.2, 0) is 20.9 Å². The summed E-state index contributed by atoms with van der Waals surface area (Å²) in [7, 11) is 0. The lowest BCUT2D eigenvalue weighted by molar-refractivity contribution is -0.149. The highest BCUT2D eigenvalue weighted by Gasteiger charge is 2.50. The maximum Gasteiger partial charge on any atom is 0.251 e. The highest BCUT2D eigenvalue weighted by Crippen LogP contribution is 2.41. The summed E-state index contributed by atoms with van der Waals surface area (Å²) >= 11 is 0. The lowest BCUT2D eigenvalue weighted by atomic mass is 9.78. The standard InChI is InChI=1S/C19H25N3O3/c23-17(16-3-1-12-25-16)22-10-2-6-19(14-22)7-11-21(18(19)24)13-15-4-8-20-9-5-15/h4-5,8-9,16H,1-3,6-7,10-14H2/t16-,19?/m0/s1. The summed E-state index contributed by atoms with van der Waals surface area (Å²) in [5.74, 6) is 0.283. The molecule has 6 heteroatoms. The van der Waals surface area contributed by atoms with Gasteiger partial charge in [-0.25, -0.2) is 0 Å². The van der Waals surface area contributed by atoms with Crippen molar-refractivity contribution in [2.75, 3.05) is 26.2 Å². The van der Waals surface area contributed by atoms with E-state index >= 15 is 0 Å². The summed E-state index contributed by atoms with van der Waals surface area (Å²) in [5.41, 5.74) is 0.711. The molecular weight excluding hydrogens is 318 g/mol. The van der Waals surface area contributed by atoms with E-state index in [-0.39, 0.29) is 23.3 Å². The van der Waals surface area contributed by atoms with E-state index in [4.69, 9.17) is 4.74 Å². The van der Waals surface area contributed by atoms with Crippen molar-refractivity contribution in [2.45, 2.75) is 44.8 Å². The highest BCUT2D eigenvalue weighted by atomic mass is 16.5. The van der Waals surface area contributed by atoms with Crippen molar-refractivity contribution in [3.63, 3.8) is 0 Å². The van der Waals surface area contributed by atoms with E-state index in [1.165, 1.54) is 0 Å². The minimum absolute atomic E-state index is 0.0805.